The van der Waals surface area contributed by atoms with Crippen LogP contribution in [0.2, 0.25) is 0 Å². The molecule has 4 bridgehead atoms. The molecule has 1 aromatic rings. The number of Topliss-reactive ketones (excluding diaryl/α,β-unsaturated/α-hetero) is 1. The highest BCUT2D eigenvalue weighted by Crippen LogP contribution is 2.62. The number of esters is 1. The number of nitrogens with zero attached hydrogens (tertiary/aromatic N) is 1. The zero-order chi connectivity index (χ0) is 20.8. The second kappa shape index (κ2) is 7.55. The second-order valence-corrected chi connectivity index (χ2v) is 9.88. The van der Waals surface area contributed by atoms with Gasteiger partial charge in [-0.2, -0.15) is 0 Å². The van der Waals surface area contributed by atoms with Gasteiger partial charge in [-0.1, -0.05) is 0 Å². The van der Waals surface area contributed by atoms with Gasteiger partial charge in [0.2, 0.25) is 5.78 Å². The van der Waals surface area contributed by atoms with Crippen molar-refractivity contribution in [1.82, 2.24) is 4.57 Å². The Morgan fingerprint density at radius 1 is 1.21 bits per heavy atom. The summed E-state index contributed by atoms with van der Waals surface area (Å²) in [6.45, 7) is 4.92. The summed E-state index contributed by atoms with van der Waals surface area (Å²) in [5.74, 6) is 0.595. The van der Waals surface area contributed by atoms with Crippen LogP contribution in [0.4, 0.5) is 0 Å². The lowest BCUT2D eigenvalue weighted by molar-refractivity contribution is -0.176. The molecule has 1 heterocycles. The second-order valence-electron chi connectivity index (χ2n) is 9.88. The van der Waals surface area contributed by atoms with E-state index in [0.717, 1.165) is 37.1 Å². The third kappa shape index (κ3) is 4.02. The highest BCUT2D eigenvalue weighted by molar-refractivity contribution is 5.99. The first kappa shape index (κ1) is 20.6. The Balaban J connectivity index is 1.35. The Morgan fingerprint density at radius 3 is 2.52 bits per heavy atom. The Hall–Kier alpha value is -1.66. The Kier molecular flexibility index (Phi) is 5.36. The van der Waals surface area contributed by atoms with Crippen LogP contribution in [0.1, 0.15) is 66.7 Å². The van der Waals surface area contributed by atoms with Crippen molar-refractivity contribution in [2.24, 2.45) is 17.3 Å². The number of carbonyl (C=O) groups is 2. The topological polar surface area (TPSA) is 77.8 Å². The van der Waals surface area contributed by atoms with Gasteiger partial charge in [-0.05, 0) is 75.7 Å². The summed E-state index contributed by atoms with van der Waals surface area (Å²) in [5.41, 5.74) is 1.77. The molecule has 4 aliphatic rings. The maximum atomic E-state index is 12.7. The minimum absolute atomic E-state index is 0.130. The number of rotatable bonds is 8. The maximum absolute atomic E-state index is 12.7. The molecule has 4 fully saturated rings. The van der Waals surface area contributed by atoms with Crippen LogP contribution >= 0.6 is 0 Å². The molecule has 6 nitrogen and oxygen atoms in total. The van der Waals surface area contributed by atoms with E-state index in [0.29, 0.717) is 43.4 Å². The fourth-order valence-electron chi connectivity index (χ4n) is 6.80. The summed E-state index contributed by atoms with van der Waals surface area (Å²) in [6.07, 6.45) is 6.01. The number of ether oxygens (including phenoxy) is 2. The van der Waals surface area contributed by atoms with E-state index in [1.807, 2.05) is 19.9 Å². The molecular formula is C23H33NO5. The number of hydrogen-bond donors (Lipinski definition) is 1. The van der Waals surface area contributed by atoms with E-state index in [1.165, 1.54) is 6.42 Å². The van der Waals surface area contributed by atoms with E-state index in [1.54, 1.807) is 7.11 Å². The molecule has 160 valence electrons. The third-order valence-corrected chi connectivity index (χ3v) is 7.43. The van der Waals surface area contributed by atoms with E-state index < -0.39 is 5.60 Å². The van der Waals surface area contributed by atoms with Gasteiger partial charge < -0.3 is 19.1 Å². The summed E-state index contributed by atoms with van der Waals surface area (Å²) >= 11 is 0. The molecule has 2 unspecified atom stereocenters. The lowest BCUT2D eigenvalue weighted by Gasteiger charge is -2.60. The molecule has 0 aromatic carbocycles. The van der Waals surface area contributed by atoms with Crippen molar-refractivity contribution in [2.75, 3.05) is 20.3 Å². The molecule has 6 heteroatoms. The highest BCUT2D eigenvalue weighted by Gasteiger charge is 2.57. The predicted molar refractivity (Wildman–Crippen MR) is 108 cm³/mol. The first-order valence-electron chi connectivity index (χ1n) is 10.8. The van der Waals surface area contributed by atoms with Gasteiger partial charge in [-0.25, -0.2) is 0 Å². The zero-order valence-electron chi connectivity index (χ0n) is 17.8. The summed E-state index contributed by atoms with van der Waals surface area (Å²) in [5, 5.41) is 10.9. The lowest BCUT2D eigenvalue weighted by Crippen LogP contribution is -2.56. The Labute approximate surface area is 172 Å². The maximum Gasteiger partial charge on any atom is 0.306 e. The molecule has 1 aromatic heterocycles. The van der Waals surface area contributed by atoms with Crippen LogP contribution in [0, 0.1) is 31.1 Å². The van der Waals surface area contributed by atoms with E-state index in [-0.39, 0.29) is 23.8 Å². The van der Waals surface area contributed by atoms with Crippen molar-refractivity contribution < 1.29 is 24.2 Å². The molecule has 1 N–H and O–H groups in total. The summed E-state index contributed by atoms with van der Waals surface area (Å²) in [4.78, 5) is 25.3. The summed E-state index contributed by atoms with van der Waals surface area (Å²) in [7, 11) is 1.65. The number of aromatic nitrogens is 1. The number of carbonyl (C=O) groups excluding carboxylic acids is 2. The van der Waals surface area contributed by atoms with Gasteiger partial charge in [0, 0.05) is 30.6 Å². The van der Waals surface area contributed by atoms with E-state index in [9.17, 15) is 14.7 Å². The van der Waals surface area contributed by atoms with Crippen molar-refractivity contribution in [3.05, 3.63) is 23.0 Å². The van der Waals surface area contributed by atoms with Crippen LogP contribution in [0.5, 0.6) is 0 Å². The van der Waals surface area contributed by atoms with Gasteiger partial charge in [-0.3, -0.25) is 9.59 Å². The minimum Gasteiger partial charge on any atom is -0.457 e. The first-order chi connectivity index (χ1) is 13.7. The largest absolute Gasteiger partial charge is 0.457 e. The van der Waals surface area contributed by atoms with Crippen LogP contribution in [0.3, 0.4) is 0 Å². The average Bonchev–Trinajstić information content (AvgIpc) is 2.89. The average molecular weight is 404 g/mol. The normalized spacial score (nSPS) is 32.6. The molecule has 0 spiro atoms. The standard InChI is InChI=1S/C23H33NO5/c1-15-6-19(16(2)24(15)4-5-28-3)20(25)13-29-21(26)12-22-8-17-7-18(9-22)11-23(27,10-17)14-22/h6,17-18,27H,4-5,7-14H2,1-3H3/t17-,18+,22?,23?. The third-order valence-electron chi connectivity index (χ3n) is 7.43. The monoisotopic (exact) mass is 403 g/mol. The van der Waals surface area contributed by atoms with Crippen LogP contribution in [-0.4, -0.2) is 47.4 Å². The number of aliphatic hydroxyl groups is 1. The first-order valence-corrected chi connectivity index (χ1v) is 10.8. The summed E-state index contributed by atoms with van der Waals surface area (Å²) in [6, 6.07) is 1.86. The number of hydrogen-bond acceptors (Lipinski definition) is 5. The van der Waals surface area contributed by atoms with Crippen molar-refractivity contribution >= 4 is 11.8 Å². The van der Waals surface area contributed by atoms with Gasteiger partial charge in [-0.15, -0.1) is 0 Å². The van der Waals surface area contributed by atoms with Crippen molar-refractivity contribution in [3.8, 4) is 0 Å². The van der Waals surface area contributed by atoms with Crippen LogP contribution < -0.4 is 0 Å². The highest BCUT2D eigenvalue weighted by atomic mass is 16.5. The number of ketones is 1. The smallest absolute Gasteiger partial charge is 0.306 e. The molecule has 4 atom stereocenters. The quantitative estimate of drug-likeness (QED) is 0.533. The predicted octanol–water partition coefficient (Wildman–Crippen LogP) is 3.20. The fraction of sp³-hybridized carbons (Fsp3) is 0.739. The lowest BCUT2D eigenvalue weighted by atomic mass is 9.47. The SMILES string of the molecule is COCCn1c(C)cc(C(=O)COC(=O)CC23C[C@@H]4C[C@@H](CC(O)(C4)C2)C3)c1C. The van der Waals surface area contributed by atoms with Gasteiger partial charge in [0.15, 0.2) is 6.61 Å². The number of aryl methyl sites for hydroxylation is 1. The van der Waals surface area contributed by atoms with Crippen LogP contribution in [0.15, 0.2) is 6.07 Å². The van der Waals surface area contributed by atoms with E-state index in [2.05, 4.69) is 4.57 Å². The Bertz CT molecular complexity index is 796. The minimum atomic E-state index is -0.583. The molecule has 0 radical (unpaired) electrons. The van der Waals surface area contributed by atoms with Gasteiger partial charge in [0.05, 0.1) is 18.6 Å². The van der Waals surface area contributed by atoms with Crippen molar-refractivity contribution in [1.29, 1.82) is 0 Å². The fourth-order valence-corrected chi connectivity index (χ4v) is 6.80. The van der Waals surface area contributed by atoms with Crippen molar-refractivity contribution in [3.63, 3.8) is 0 Å². The zero-order valence-corrected chi connectivity index (χ0v) is 17.8. The molecular weight excluding hydrogens is 370 g/mol. The molecule has 4 saturated carbocycles. The Morgan fingerprint density at radius 2 is 1.90 bits per heavy atom. The molecule has 5 rings (SSSR count). The molecule has 4 aliphatic carbocycles. The van der Waals surface area contributed by atoms with Gasteiger partial charge in [0.1, 0.15) is 0 Å². The van der Waals surface area contributed by atoms with Crippen LogP contribution in [0.25, 0.3) is 0 Å². The van der Waals surface area contributed by atoms with E-state index >= 15 is 0 Å². The van der Waals surface area contributed by atoms with Crippen molar-refractivity contribution in [2.45, 2.75) is 70.9 Å². The number of methoxy groups -OCH3 is 1. The van der Waals surface area contributed by atoms with E-state index in [4.69, 9.17) is 9.47 Å². The molecule has 0 saturated heterocycles. The van der Waals surface area contributed by atoms with Gasteiger partial charge in [0.25, 0.3) is 0 Å². The van der Waals surface area contributed by atoms with Crippen LogP contribution in [-0.2, 0) is 20.8 Å². The van der Waals surface area contributed by atoms with Gasteiger partial charge >= 0.3 is 5.97 Å². The molecule has 29 heavy (non-hydrogen) atoms. The molecule has 0 amide bonds. The molecule has 0 aliphatic heterocycles. The summed E-state index contributed by atoms with van der Waals surface area (Å²) < 4.78 is 12.6.